The van der Waals surface area contributed by atoms with Gasteiger partial charge in [-0.1, -0.05) is 298 Å². The van der Waals surface area contributed by atoms with Crippen molar-refractivity contribution in [3.63, 3.8) is 0 Å². The highest BCUT2D eigenvalue weighted by Crippen LogP contribution is 2.18. The van der Waals surface area contributed by atoms with Crippen molar-refractivity contribution in [2.75, 3.05) is 13.2 Å². The van der Waals surface area contributed by atoms with Crippen LogP contribution in [0.15, 0.2) is 0 Å². The van der Waals surface area contributed by atoms with E-state index in [2.05, 4.69) is 34.6 Å². The van der Waals surface area contributed by atoms with Crippen LogP contribution in [-0.2, 0) is 28.6 Å². The molecule has 0 aliphatic heterocycles. The predicted molar refractivity (Wildman–Crippen MR) is 284 cm³/mol. The van der Waals surface area contributed by atoms with Gasteiger partial charge >= 0.3 is 17.9 Å². The number of rotatable bonds is 54. The van der Waals surface area contributed by atoms with E-state index >= 15 is 0 Å². The molecule has 0 saturated heterocycles. The molecule has 0 heterocycles. The lowest BCUT2D eigenvalue weighted by Gasteiger charge is -2.18. The van der Waals surface area contributed by atoms with Gasteiger partial charge in [0.2, 0.25) is 0 Å². The van der Waals surface area contributed by atoms with Crippen LogP contribution in [0.2, 0.25) is 0 Å². The number of carbonyl (C=O) groups is 3. The maximum Gasteiger partial charge on any atom is 0.306 e. The second-order valence-electron chi connectivity index (χ2n) is 21.6. The van der Waals surface area contributed by atoms with Crippen LogP contribution in [0.25, 0.3) is 0 Å². The highest BCUT2D eigenvalue weighted by Gasteiger charge is 2.19. The Morgan fingerprint density at radius 1 is 0.288 bits per heavy atom. The summed E-state index contributed by atoms with van der Waals surface area (Å²) in [5.41, 5.74) is 0. The van der Waals surface area contributed by atoms with Crippen molar-refractivity contribution in [2.45, 2.75) is 343 Å². The molecule has 0 fully saturated rings. The first-order valence-electron chi connectivity index (χ1n) is 29.7. The number of esters is 3. The van der Waals surface area contributed by atoms with Crippen molar-refractivity contribution in [1.82, 2.24) is 0 Å². The van der Waals surface area contributed by atoms with Crippen LogP contribution in [0.3, 0.4) is 0 Å². The van der Waals surface area contributed by atoms with E-state index in [0.717, 1.165) is 69.6 Å². The minimum atomic E-state index is -0.763. The first-order valence-corrected chi connectivity index (χ1v) is 29.7. The summed E-state index contributed by atoms with van der Waals surface area (Å²) in [4.78, 5) is 38.1. The summed E-state index contributed by atoms with van der Waals surface area (Å²) >= 11 is 0. The van der Waals surface area contributed by atoms with E-state index in [1.165, 1.54) is 225 Å². The first kappa shape index (κ1) is 64.4. The monoisotopic (exact) mass is 933 g/mol. The highest BCUT2D eigenvalue weighted by atomic mass is 16.6. The molecule has 0 amide bonds. The van der Waals surface area contributed by atoms with Gasteiger partial charge in [-0.3, -0.25) is 14.4 Å². The van der Waals surface area contributed by atoms with Crippen molar-refractivity contribution in [1.29, 1.82) is 0 Å². The van der Waals surface area contributed by atoms with Crippen molar-refractivity contribution in [2.24, 2.45) is 11.8 Å². The van der Waals surface area contributed by atoms with Gasteiger partial charge in [-0.15, -0.1) is 0 Å². The zero-order chi connectivity index (χ0) is 48.2. The number of carbonyl (C=O) groups excluding carboxylic acids is 3. The average Bonchev–Trinajstić information content (AvgIpc) is 3.29. The van der Waals surface area contributed by atoms with E-state index in [4.69, 9.17) is 14.2 Å². The van der Waals surface area contributed by atoms with Gasteiger partial charge in [-0.2, -0.15) is 0 Å². The Balaban J connectivity index is 4.18. The minimum absolute atomic E-state index is 0.0635. The summed E-state index contributed by atoms with van der Waals surface area (Å²) in [6.07, 6.45) is 56.9. The quantitative estimate of drug-likeness (QED) is 0.0343. The molecule has 66 heavy (non-hydrogen) atoms. The molecule has 0 saturated carbocycles. The van der Waals surface area contributed by atoms with Gasteiger partial charge in [-0.05, 0) is 31.1 Å². The highest BCUT2D eigenvalue weighted by molar-refractivity contribution is 5.71. The van der Waals surface area contributed by atoms with Crippen LogP contribution in [-0.4, -0.2) is 37.2 Å². The molecule has 0 rings (SSSR count). The molecule has 0 aliphatic rings. The predicted octanol–water partition coefficient (Wildman–Crippen LogP) is 19.7. The summed E-state index contributed by atoms with van der Waals surface area (Å²) in [6, 6.07) is 0. The van der Waals surface area contributed by atoms with Crippen molar-refractivity contribution in [3.8, 4) is 0 Å². The second-order valence-corrected chi connectivity index (χ2v) is 21.6. The molecule has 0 spiro atoms. The molecule has 0 N–H and O–H groups in total. The van der Waals surface area contributed by atoms with E-state index in [1.54, 1.807) is 0 Å². The second kappa shape index (κ2) is 52.8. The molecule has 0 aromatic heterocycles. The molecular weight excluding hydrogens is 817 g/mol. The molecule has 1 atom stereocenters. The molecule has 392 valence electrons. The van der Waals surface area contributed by atoms with E-state index in [0.29, 0.717) is 19.3 Å². The molecule has 6 nitrogen and oxygen atoms in total. The van der Waals surface area contributed by atoms with Gasteiger partial charge in [0.15, 0.2) is 6.10 Å². The third-order valence-electron chi connectivity index (χ3n) is 13.7. The summed E-state index contributed by atoms with van der Waals surface area (Å²) in [6.45, 7) is 11.4. The Morgan fingerprint density at radius 3 is 0.742 bits per heavy atom. The van der Waals surface area contributed by atoms with Gasteiger partial charge in [0.1, 0.15) is 13.2 Å². The fourth-order valence-electron chi connectivity index (χ4n) is 9.23. The van der Waals surface area contributed by atoms with E-state index < -0.39 is 6.10 Å². The van der Waals surface area contributed by atoms with E-state index in [9.17, 15) is 14.4 Å². The number of unbranched alkanes of at least 4 members (excludes halogenated alkanes) is 39. The average molecular weight is 934 g/mol. The molecule has 0 aromatic carbocycles. The molecule has 0 radical (unpaired) electrons. The summed E-state index contributed by atoms with van der Waals surface area (Å²) in [5, 5.41) is 0. The SMILES string of the molecule is CCCCCCCCCCCCCCCCCCCCC(=O)O[C@@H](COC(=O)CCCCCCCCCCCCCCCCCCCCC(C)C)COC(=O)CCCCCCCCC(C)C. The fourth-order valence-corrected chi connectivity index (χ4v) is 9.23. The largest absolute Gasteiger partial charge is 0.462 e. The van der Waals surface area contributed by atoms with Crippen LogP contribution in [0, 0.1) is 11.8 Å². The Morgan fingerprint density at radius 2 is 0.500 bits per heavy atom. The van der Waals surface area contributed by atoms with Gasteiger partial charge < -0.3 is 14.2 Å². The fraction of sp³-hybridized carbons (Fsp3) is 0.950. The third kappa shape index (κ3) is 53.4. The lowest BCUT2D eigenvalue weighted by Crippen LogP contribution is -2.30. The minimum Gasteiger partial charge on any atom is -0.462 e. The number of hydrogen-bond donors (Lipinski definition) is 0. The molecule has 0 bridgehead atoms. The van der Waals surface area contributed by atoms with Gasteiger partial charge in [0, 0.05) is 19.3 Å². The topological polar surface area (TPSA) is 78.9 Å². The van der Waals surface area contributed by atoms with Crippen molar-refractivity contribution in [3.05, 3.63) is 0 Å². The summed E-state index contributed by atoms with van der Waals surface area (Å²) in [7, 11) is 0. The van der Waals surface area contributed by atoms with Gasteiger partial charge in [-0.25, -0.2) is 0 Å². The van der Waals surface area contributed by atoms with Gasteiger partial charge in [0.05, 0.1) is 0 Å². The van der Waals surface area contributed by atoms with Crippen LogP contribution >= 0.6 is 0 Å². The Kier molecular flexibility index (Phi) is 51.5. The van der Waals surface area contributed by atoms with Crippen LogP contribution in [0.1, 0.15) is 336 Å². The molecular formula is C60H116O6. The van der Waals surface area contributed by atoms with Crippen LogP contribution < -0.4 is 0 Å². The van der Waals surface area contributed by atoms with E-state index in [1.807, 2.05) is 0 Å². The Hall–Kier alpha value is -1.59. The summed E-state index contributed by atoms with van der Waals surface area (Å²) in [5.74, 6) is 0.779. The molecule has 6 heteroatoms. The summed E-state index contributed by atoms with van der Waals surface area (Å²) < 4.78 is 16.9. The van der Waals surface area contributed by atoms with Gasteiger partial charge in [0.25, 0.3) is 0 Å². The molecule has 0 aromatic rings. The number of ether oxygens (including phenoxy) is 3. The third-order valence-corrected chi connectivity index (χ3v) is 13.7. The lowest BCUT2D eigenvalue weighted by atomic mass is 10.0. The zero-order valence-electron chi connectivity index (χ0n) is 45.3. The lowest BCUT2D eigenvalue weighted by molar-refractivity contribution is -0.167. The van der Waals surface area contributed by atoms with Crippen LogP contribution in [0.5, 0.6) is 0 Å². The Labute approximate surface area is 412 Å². The van der Waals surface area contributed by atoms with Crippen molar-refractivity contribution < 1.29 is 28.6 Å². The Bertz CT molecular complexity index is 1010. The molecule has 0 aliphatic carbocycles. The normalized spacial score (nSPS) is 12.0. The zero-order valence-corrected chi connectivity index (χ0v) is 45.3. The van der Waals surface area contributed by atoms with Crippen LogP contribution in [0.4, 0.5) is 0 Å². The standard InChI is InChI=1S/C60H116O6/c1-6-7-8-9-10-11-12-13-14-15-19-23-26-29-32-35-42-47-52-60(63)66-57(54-65-59(62)51-46-41-37-36-39-44-49-56(4)5)53-64-58(61)50-45-40-34-31-28-25-22-20-17-16-18-21-24-27-30-33-38-43-48-55(2)3/h55-57H,6-54H2,1-5H3/t57-/m0/s1. The molecule has 0 unspecified atom stereocenters. The maximum absolute atomic E-state index is 12.8. The van der Waals surface area contributed by atoms with E-state index in [-0.39, 0.29) is 31.1 Å². The smallest absolute Gasteiger partial charge is 0.306 e. The van der Waals surface area contributed by atoms with Crippen molar-refractivity contribution >= 4 is 17.9 Å². The maximum atomic E-state index is 12.8. The first-order chi connectivity index (χ1) is 32.2. The number of hydrogen-bond acceptors (Lipinski definition) is 6.